The summed E-state index contributed by atoms with van der Waals surface area (Å²) in [6.45, 7) is 0. The molecule has 0 aliphatic rings. The summed E-state index contributed by atoms with van der Waals surface area (Å²) in [6.07, 6.45) is -6.10. The van der Waals surface area contributed by atoms with Gasteiger partial charge in [-0.25, -0.2) is 4.39 Å². The maximum atomic E-state index is 14.3. The van der Waals surface area contributed by atoms with E-state index in [2.05, 4.69) is 0 Å². The van der Waals surface area contributed by atoms with E-state index in [0.717, 1.165) is 24.3 Å². The van der Waals surface area contributed by atoms with E-state index in [-0.39, 0.29) is 5.69 Å². The molecule has 0 aliphatic carbocycles. The molecule has 0 fully saturated rings. The fourth-order valence-corrected chi connectivity index (χ4v) is 2.47. The minimum Gasteiger partial charge on any atom is -0.378 e. The van der Waals surface area contributed by atoms with Gasteiger partial charge in [0.25, 0.3) is 0 Å². The highest BCUT2D eigenvalue weighted by Crippen LogP contribution is 2.52. The van der Waals surface area contributed by atoms with Crippen molar-refractivity contribution in [3.8, 4) is 0 Å². The zero-order chi connectivity index (χ0) is 19.0. The molecule has 1 atom stereocenters. The molecule has 0 heterocycles. The highest BCUT2D eigenvalue weighted by molar-refractivity contribution is 5.52. The number of halogens is 6. The number of hydrogen-bond acceptors (Lipinski definition) is 2. The molecule has 8 heteroatoms. The SMILES string of the molecule is CN(C)c1cccc(C(O)(c2ccccc2F)C(F)(F)C(F)(F)F)c1. The largest absolute Gasteiger partial charge is 0.457 e. The predicted octanol–water partition coefficient (Wildman–Crippen LogP) is 4.33. The van der Waals surface area contributed by atoms with Crippen molar-refractivity contribution < 1.29 is 31.4 Å². The van der Waals surface area contributed by atoms with Crippen LogP contribution in [0.25, 0.3) is 0 Å². The molecule has 2 rings (SSSR count). The average molecular weight is 363 g/mol. The molecule has 0 spiro atoms. The third-order valence-electron chi connectivity index (χ3n) is 3.85. The van der Waals surface area contributed by atoms with Crippen LogP contribution in [0.15, 0.2) is 48.5 Å². The van der Waals surface area contributed by atoms with E-state index < -0.39 is 34.6 Å². The van der Waals surface area contributed by atoms with Gasteiger partial charge in [0.15, 0.2) is 5.60 Å². The molecule has 0 radical (unpaired) electrons. The zero-order valence-electron chi connectivity index (χ0n) is 13.3. The van der Waals surface area contributed by atoms with Crippen molar-refractivity contribution in [2.45, 2.75) is 17.7 Å². The summed E-state index contributed by atoms with van der Waals surface area (Å²) in [7, 11) is 3.09. The van der Waals surface area contributed by atoms with Crippen molar-refractivity contribution >= 4 is 5.69 Å². The number of nitrogens with zero attached hydrogens (tertiary/aromatic N) is 1. The summed E-state index contributed by atoms with van der Waals surface area (Å²) < 4.78 is 81.8. The molecule has 25 heavy (non-hydrogen) atoms. The Kier molecular flexibility index (Phi) is 4.78. The second-order valence-electron chi connectivity index (χ2n) is 5.71. The van der Waals surface area contributed by atoms with Gasteiger partial charge in [0, 0.05) is 25.3 Å². The van der Waals surface area contributed by atoms with E-state index in [1.165, 1.54) is 17.0 Å². The van der Waals surface area contributed by atoms with Crippen LogP contribution < -0.4 is 4.90 Å². The quantitative estimate of drug-likeness (QED) is 0.818. The Balaban J connectivity index is 2.83. The molecule has 0 aromatic heterocycles. The second-order valence-corrected chi connectivity index (χ2v) is 5.71. The van der Waals surface area contributed by atoms with E-state index >= 15 is 0 Å². The van der Waals surface area contributed by atoms with Gasteiger partial charge in [-0.2, -0.15) is 22.0 Å². The van der Waals surface area contributed by atoms with Crippen molar-refractivity contribution in [1.82, 2.24) is 0 Å². The lowest BCUT2D eigenvalue weighted by Gasteiger charge is -2.38. The summed E-state index contributed by atoms with van der Waals surface area (Å²) in [5.41, 5.74) is -5.59. The van der Waals surface area contributed by atoms with Crippen LogP contribution in [0.2, 0.25) is 0 Å². The summed E-state index contributed by atoms with van der Waals surface area (Å²) >= 11 is 0. The fourth-order valence-electron chi connectivity index (χ4n) is 2.47. The molecule has 0 amide bonds. The minimum atomic E-state index is -6.10. The standard InChI is InChI=1S/C17H15F6NO/c1-24(2)12-7-5-6-11(10-12)15(25,16(19,20)17(21,22)23)13-8-3-4-9-14(13)18/h3-10,25H,1-2H3. The highest BCUT2D eigenvalue weighted by atomic mass is 19.4. The van der Waals surface area contributed by atoms with Gasteiger partial charge < -0.3 is 10.0 Å². The summed E-state index contributed by atoms with van der Waals surface area (Å²) in [4.78, 5) is 1.46. The number of hydrogen-bond donors (Lipinski definition) is 1. The lowest BCUT2D eigenvalue weighted by atomic mass is 9.80. The first-order chi connectivity index (χ1) is 11.4. The van der Waals surface area contributed by atoms with E-state index in [1.54, 1.807) is 14.1 Å². The summed E-state index contributed by atoms with van der Waals surface area (Å²) in [6, 6.07) is 8.15. The number of benzene rings is 2. The van der Waals surface area contributed by atoms with Crippen molar-refractivity contribution in [3.63, 3.8) is 0 Å². The molecule has 2 aromatic rings. The Morgan fingerprint density at radius 2 is 1.48 bits per heavy atom. The summed E-state index contributed by atoms with van der Waals surface area (Å²) in [5.74, 6) is -7.00. The smallest absolute Gasteiger partial charge is 0.378 e. The van der Waals surface area contributed by atoms with Crippen molar-refractivity contribution in [2.24, 2.45) is 0 Å². The van der Waals surface area contributed by atoms with Crippen LogP contribution in [-0.2, 0) is 5.60 Å². The van der Waals surface area contributed by atoms with E-state index in [9.17, 15) is 31.4 Å². The van der Waals surface area contributed by atoms with Gasteiger partial charge in [-0.15, -0.1) is 0 Å². The molecule has 0 saturated carbocycles. The highest BCUT2D eigenvalue weighted by Gasteiger charge is 2.71. The third-order valence-corrected chi connectivity index (χ3v) is 3.85. The van der Waals surface area contributed by atoms with E-state index in [0.29, 0.717) is 12.1 Å². The topological polar surface area (TPSA) is 23.5 Å². The first-order valence-corrected chi connectivity index (χ1v) is 7.12. The van der Waals surface area contributed by atoms with Crippen molar-refractivity contribution in [3.05, 3.63) is 65.5 Å². The second kappa shape index (κ2) is 6.25. The van der Waals surface area contributed by atoms with Crippen molar-refractivity contribution in [2.75, 3.05) is 19.0 Å². The Hall–Kier alpha value is -2.22. The van der Waals surface area contributed by atoms with E-state index in [1.807, 2.05) is 0 Å². The normalized spacial score (nSPS) is 14.9. The van der Waals surface area contributed by atoms with Gasteiger partial charge >= 0.3 is 12.1 Å². The van der Waals surface area contributed by atoms with Crippen LogP contribution in [0.5, 0.6) is 0 Å². The van der Waals surface area contributed by atoms with Crippen LogP contribution >= 0.6 is 0 Å². The van der Waals surface area contributed by atoms with Crippen LogP contribution in [0.3, 0.4) is 0 Å². The van der Waals surface area contributed by atoms with Gasteiger partial charge in [-0.1, -0.05) is 30.3 Å². The van der Waals surface area contributed by atoms with Crippen LogP contribution in [-0.4, -0.2) is 31.3 Å². The Bertz CT molecular complexity index is 759. The molecule has 2 aromatic carbocycles. The van der Waals surface area contributed by atoms with E-state index in [4.69, 9.17) is 0 Å². The monoisotopic (exact) mass is 363 g/mol. The Labute approximate surface area is 140 Å². The first-order valence-electron chi connectivity index (χ1n) is 7.12. The van der Waals surface area contributed by atoms with Gasteiger partial charge in [0.05, 0.1) is 0 Å². The maximum Gasteiger partial charge on any atom is 0.457 e. The molecular formula is C17H15F6NO. The maximum absolute atomic E-state index is 14.3. The number of alkyl halides is 5. The number of anilines is 1. The molecule has 1 unspecified atom stereocenters. The molecule has 0 bridgehead atoms. The predicted molar refractivity (Wildman–Crippen MR) is 81.2 cm³/mol. The first kappa shape index (κ1) is 19.1. The van der Waals surface area contributed by atoms with Gasteiger partial charge in [0.1, 0.15) is 5.82 Å². The Morgan fingerprint density at radius 1 is 0.880 bits per heavy atom. The Morgan fingerprint density at radius 3 is 2.00 bits per heavy atom. The lowest BCUT2D eigenvalue weighted by molar-refractivity contribution is -0.337. The van der Waals surface area contributed by atoms with Gasteiger partial charge in [-0.3, -0.25) is 0 Å². The molecule has 0 aliphatic heterocycles. The molecule has 2 nitrogen and oxygen atoms in total. The molecule has 0 saturated heterocycles. The molecule has 136 valence electrons. The van der Waals surface area contributed by atoms with Crippen LogP contribution in [0, 0.1) is 5.82 Å². The van der Waals surface area contributed by atoms with Crippen LogP contribution in [0.4, 0.5) is 32.0 Å². The average Bonchev–Trinajstić information content (AvgIpc) is 2.53. The van der Waals surface area contributed by atoms with Crippen molar-refractivity contribution in [1.29, 1.82) is 0 Å². The van der Waals surface area contributed by atoms with Gasteiger partial charge in [-0.05, 0) is 23.8 Å². The van der Waals surface area contributed by atoms with Gasteiger partial charge in [0.2, 0.25) is 0 Å². The fraction of sp³-hybridized carbons (Fsp3) is 0.294. The molecule has 1 N–H and O–H groups in total. The van der Waals surface area contributed by atoms with Crippen LogP contribution in [0.1, 0.15) is 11.1 Å². The molecular weight excluding hydrogens is 348 g/mol. The number of rotatable bonds is 4. The lowest BCUT2D eigenvalue weighted by Crippen LogP contribution is -2.56. The third kappa shape index (κ3) is 3.06. The zero-order valence-corrected chi connectivity index (χ0v) is 13.3. The summed E-state index contributed by atoms with van der Waals surface area (Å²) in [5, 5.41) is 10.6. The number of aliphatic hydroxyl groups is 1. The minimum absolute atomic E-state index is 0.269.